The summed E-state index contributed by atoms with van der Waals surface area (Å²) in [5.41, 5.74) is 3.30. The van der Waals surface area contributed by atoms with Crippen LogP contribution in [0.3, 0.4) is 0 Å². The van der Waals surface area contributed by atoms with Crippen LogP contribution in [0.5, 0.6) is 0 Å². The van der Waals surface area contributed by atoms with Gasteiger partial charge in [-0.15, -0.1) is 5.16 Å². The lowest BCUT2D eigenvalue weighted by Gasteiger charge is -2.12. The van der Waals surface area contributed by atoms with Crippen LogP contribution in [-0.2, 0) is 22.6 Å². The van der Waals surface area contributed by atoms with Gasteiger partial charge in [0.1, 0.15) is 6.61 Å². The van der Waals surface area contributed by atoms with Gasteiger partial charge in [0.2, 0.25) is 0 Å². The lowest BCUT2D eigenvalue weighted by atomic mass is 9.98. The minimum atomic E-state index is -0.552. The molecule has 120 valence electrons. The summed E-state index contributed by atoms with van der Waals surface area (Å²) in [4.78, 5) is 12.2. The molecule has 1 unspecified atom stereocenters. The molecule has 0 amide bonds. The van der Waals surface area contributed by atoms with Crippen LogP contribution in [0.25, 0.3) is 0 Å². The summed E-state index contributed by atoms with van der Waals surface area (Å²) < 4.78 is 5.32. The molecule has 0 spiro atoms. The quantitative estimate of drug-likeness (QED) is 0.367. The maximum atomic E-state index is 12.2. The van der Waals surface area contributed by atoms with E-state index in [1.165, 1.54) is 17.3 Å². The molecular formula is C19H21NO3. The van der Waals surface area contributed by atoms with Gasteiger partial charge in [0.25, 0.3) is 0 Å². The number of esters is 1. The number of nitrogens with zero attached hydrogens (tertiary/aromatic N) is 1. The largest absolute Gasteiger partial charge is 0.460 e. The van der Waals surface area contributed by atoms with Crippen LogP contribution in [0.2, 0.25) is 0 Å². The summed E-state index contributed by atoms with van der Waals surface area (Å²) in [6.45, 7) is 2.26. The molecule has 0 radical (unpaired) electrons. The number of ether oxygens (including phenoxy) is 1. The Morgan fingerprint density at radius 2 is 1.87 bits per heavy atom. The number of benzene rings is 2. The molecule has 0 bridgehead atoms. The summed E-state index contributed by atoms with van der Waals surface area (Å²) in [6.07, 6.45) is 2.51. The predicted octanol–water partition coefficient (Wildman–Crippen LogP) is 3.75. The third kappa shape index (κ3) is 5.25. The topological polar surface area (TPSA) is 58.9 Å². The molecule has 0 saturated heterocycles. The van der Waals surface area contributed by atoms with Crippen molar-refractivity contribution in [2.75, 3.05) is 0 Å². The molecule has 0 aromatic heterocycles. The van der Waals surface area contributed by atoms with Crippen molar-refractivity contribution >= 4 is 12.2 Å². The molecule has 2 rings (SSSR count). The smallest absolute Gasteiger partial charge is 0.314 e. The Morgan fingerprint density at radius 1 is 1.17 bits per heavy atom. The average molecular weight is 311 g/mol. The minimum Gasteiger partial charge on any atom is -0.460 e. The van der Waals surface area contributed by atoms with Crippen molar-refractivity contribution in [3.63, 3.8) is 0 Å². The van der Waals surface area contributed by atoms with Crippen LogP contribution in [0.1, 0.15) is 23.1 Å². The first kappa shape index (κ1) is 16.7. The third-order valence-corrected chi connectivity index (χ3v) is 3.76. The van der Waals surface area contributed by atoms with E-state index in [-0.39, 0.29) is 12.6 Å². The van der Waals surface area contributed by atoms with Gasteiger partial charge in [-0.2, -0.15) is 0 Å². The third-order valence-electron chi connectivity index (χ3n) is 3.76. The summed E-state index contributed by atoms with van der Waals surface area (Å²) in [5, 5.41) is 11.8. The van der Waals surface area contributed by atoms with Gasteiger partial charge in [0.05, 0.1) is 12.1 Å². The maximum Gasteiger partial charge on any atom is 0.314 e. The zero-order valence-corrected chi connectivity index (χ0v) is 13.2. The number of oxime groups is 1. The van der Waals surface area contributed by atoms with E-state index in [1.807, 2.05) is 61.5 Å². The van der Waals surface area contributed by atoms with Crippen LogP contribution < -0.4 is 0 Å². The summed E-state index contributed by atoms with van der Waals surface area (Å²) in [6, 6.07) is 17.5. The molecule has 2 aromatic rings. The minimum absolute atomic E-state index is 0.222. The van der Waals surface area contributed by atoms with E-state index in [0.717, 1.165) is 12.0 Å². The van der Waals surface area contributed by atoms with Gasteiger partial charge in [0, 0.05) is 0 Å². The Bertz CT molecular complexity index is 653. The number of aryl methyl sites for hydroxylation is 2. The van der Waals surface area contributed by atoms with Gasteiger partial charge >= 0.3 is 5.97 Å². The van der Waals surface area contributed by atoms with Crippen LogP contribution in [-0.4, -0.2) is 17.4 Å². The molecule has 0 aliphatic carbocycles. The van der Waals surface area contributed by atoms with Gasteiger partial charge in [-0.05, 0) is 36.5 Å². The Hall–Kier alpha value is -2.62. The van der Waals surface area contributed by atoms with E-state index in [4.69, 9.17) is 9.94 Å². The molecule has 4 heteroatoms. The first-order valence-electron chi connectivity index (χ1n) is 7.63. The zero-order valence-electron chi connectivity index (χ0n) is 13.2. The summed E-state index contributed by atoms with van der Waals surface area (Å²) in [5.74, 6) is -0.927. The van der Waals surface area contributed by atoms with Gasteiger partial charge in [-0.1, -0.05) is 54.6 Å². The molecule has 0 aliphatic rings. The Balaban J connectivity index is 1.92. The summed E-state index contributed by atoms with van der Waals surface area (Å²) in [7, 11) is 0. The molecule has 1 atom stereocenters. The van der Waals surface area contributed by atoms with Crippen molar-refractivity contribution in [1.29, 1.82) is 0 Å². The fraction of sp³-hybridized carbons (Fsp3) is 0.263. The van der Waals surface area contributed by atoms with Crippen molar-refractivity contribution in [2.24, 2.45) is 11.1 Å². The average Bonchev–Trinajstić information content (AvgIpc) is 2.58. The highest BCUT2D eigenvalue weighted by molar-refractivity contribution is 5.89. The van der Waals surface area contributed by atoms with E-state index < -0.39 is 5.92 Å². The number of hydrogen-bond donors (Lipinski definition) is 1. The van der Waals surface area contributed by atoms with Crippen LogP contribution in [0.4, 0.5) is 0 Å². The Kier molecular flexibility index (Phi) is 6.36. The van der Waals surface area contributed by atoms with Crippen LogP contribution in [0, 0.1) is 12.8 Å². The first-order chi connectivity index (χ1) is 11.2. The monoisotopic (exact) mass is 311 g/mol. The molecule has 0 saturated carbocycles. The first-order valence-corrected chi connectivity index (χ1v) is 7.63. The molecular weight excluding hydrogens is 290 g/mol. The highest BCUT2D eigenvalue weighted by atomic mass is 16.5. The van der Waals surface area contributed by atoms with Gasteiger partial charge in [0.15, 0.2) is 0 Å². The van der Waals surface area contributed by atoms with E-state index in [9.17, 15) is 4.79 Å². The second-order valence-electron chi connectivity index (χ2n) is 5.43. The van der Waals surface area contributed by atoms with Crippen LogP contribution in [0.15, 0.2) is 59.8 Å². The van der Waals surface area contributed by atoms with Crippen molar-refractivity contribution in [3.05, 3.63) is 71.3 Å². The Labute approximate surface area is 136 Å². The van der Waals surface area contributed by atoms with Gasteiger partial charge in [-0.3, -0.25) is 4.79 Å². The van der Waals surface area contributed by atoms with Gasteiger partial charge in [-0.25, -0.2) is 0 Å². The van der Waals surface area contributed by atoms with Crippen molar-refractivity contribution in [3.8, 4) is 0 Å². The standard InChI is InChI=1S/C19H21NO3/c1-15-7-5-6-10-17(15)11-12-18(13-20-22)19(21)23-14-16-8-3-2-4-9-16/h2-10,13,18,22H,11-12,14H2,1H3/b20-13-. The van der Waals surface area contributed by atoms with E-state index in [1.54, 1.807) is 0 Å². The number of hydrogen-bond acceptors (Lipinski definition) is 4. The highest BCUT2D eigenvalue weighted by Gasteiger charge is 2.18. The molecule has 0 fully saturated rings. The number of rotatable bonds is 7. The molecule has 0 heterocycles. The summed E-state index contributed by atoms with van der Waals surface area (Å²) >= 11 is 0. The normalized spacial score (nSPS) is 12.2. The molecule has 0 aliphatic heterocycles. The van der Waals surface area contributed by atoms with Crippen molar-refractivity contribution < 1.29 is 14.7 Å². The Morgan fingerprint density at radius 3 is 2.57 bits per heavy atom. The fourth-order valence-electron chi connectivity index (χ4n) is 2.37. The number of carbonyl (C=O) groups is 1. The lowest BCUT2D eigenvalue weighted by Crippen LogP contribution is -2.20. The second-order valence-corrected chi connectivity index (χ2v) is 5.43. The SMILES string of the molecule is Cc1ccccc1CCC(/C=N\O)C(=O)OCc1ccccc1. The molecule has 1 N–H and O–H groups in total. The molecule has 23 heavy (non-hydrogen) atoms. The predicted molar refractivity (Wildman–Crippen MR) is 89.5 cm³/mol. The maximum absolute atomic E-state index is 12.2. The van der Waals surface area contributed by atoms with E-state index >= 15 is 0 Å². The van der Waals surface area contributed by atoms with Gasteiger partial charge < -0.3 is 9.94 Å². The van der Waals surface area contributed by atoms with Crippen molar-refractivity contribution in [2.45, 2.75) is 26.4 Å². The zero-order chi connectivity index (χ0) is 16.5. The van der Waals surface area contributed by atoms with E-state index in [0.29, 0.717) is 6.42 Å². The second kappa shape index (κ2) is 8.73. The molecule has 4 nitrogen and oxygen atoms in total. The van der Waals surface area contributed by atoms with Crippen molar-refractivity contribution in [1.82, 2.24) is 0 Å². The fourth-order valence-corrected chi connectivity index (χ4v) is 2.37. The van der Waals surface area contributed by atoms with E-state index in [2.05, 4.69) is 5.16 Å². The number of carbonyl (C=O) groups excluding carboxylic acids is 1. The highest BCUT2D eigenvalue weighted by Crippen LogP contribution is 2.14. The lowest BCUT2D eigenvalue weighted by molar-refractivity contribution is -0.147. The van der Waals surface area contributed by atoms with Crippen LogP contribution >= 0.6 is 0 Å². The molecule has 2 aromatic carbocycles.